The molecular weight excluding hydrogens is 329 g/mol. The van der Waals surface area contributed by atoms with E-state index in [2.05, 4.69) is 5.32 Å². The number of nitrogens with two attached hydrogens (primary N) is 1. The van der Waals surface area contributed by atoms with Gasteiger partial charge in [-0.1, -0.05) is 31.4 Å². The Kier molecular flexibility index (Phi) is 6.48. The van der Waals surface area contributed by atoms with Crippen LogP contribution in [0.25, 0.3) is 0 Å². The van der Waals surface area contributed by atoms with Gasteiger partial charge < -0.3 is 11.1 Å². The Balaban J connectivity index is 0.00000264. The molecule has 1 fully saturated rings. The van der Waals surface area contributed by atoms with E-state index >= 15 is 0 Å². The van der Waals surface area contributed by atoms with Crippen LogP contribution in [0.15, 0.2) is 24.3 Å². The minimum absolute atomic E-state index is 0. The van der Waals surface area contributed by atoms with Crippen LogP contribution in [0.4, 0.5) is 13.2 Å². The van der Waals surface area contributed by atoms with Crippen molar-refractivity contribution in [2.24, 2.45) is 5.73 Å². The fourth-order valence-corrected chi connectivity index (χ4v) is 2.79. The summed E-state index contributed by atoms with van der Waals surface area (Å²) in [6, 6.07) is 4.45. The Morgan fingerprint density at radius 2 is 1.70 bits per heavy atom. The molecule has 1 aromatic rings. The molecule has 3 nitrogen and oxygen atoms in total. The fraction of sp³-hybridized carbons (Fsp3) is 0.562. The lowest BCUT2D eigenvalue weighted by Crippen LogP contribution is -2.55. The number of nitrogens with one attached hydrogen (secondary N) is 1. The molecule has 0 aliphatic heterocycles. The maximum atomic E-state index is 12.5. The highest BCUT2D eigenvalue weighted by Gasteiger charge is 2.36. The number of alkyl halides is 3. The number of hydrogen-bond donors (Lipinski definition) is 2. The zero-order valence-electron chi connectivity index (χ0n) is 13.0. The standard InChI is InChI=1S/C16H21F3N2O.ClH/c1-11(12-5-7-13(8-6-12)16(17,18)19)21-14(22)15(20)9-3-2-4-10-15;/h5-8,11H,2-4,9-10,20H2,1H3,(H,21,22);1H. The Morgan fingerprint density at radius 1 is 1.17 bits per heavy atom. The number of hydrogen-bond acceptors (Lipinski definition) is 2. The van der Waals surface area contributed by atoms with Gasteiger partial charge in [-0.05, 0) is 37.5 Å². The maximum Gasteiger partial charge on any atom is 0.416 e. The Hall–Kier alpha value is -1.27. The topological polar surface area (TPSA) is 55.1 Å². The van der Waals surface area contributed by atoms with Crippen molar-refractivity contribution in [3.63, 3.8) is 0 Å². The predicted octanol–water partition coefficient (Wildman–Crippen LogP) is 3.97. The molecule has 1 amide bonds. The highest BCUT2D eigenvalue weighted by molar-refractivity contribution is 5.86. The molecule has 0 heterocycles. The Labute approximate surface area is 140 Å². The molecule has 0 radical (unpaired) electrons. The lowest BCUT2D eigenvalue weighted by Gasteiger charge is -2.33. The summed E-state index contributed by atoms with van der Waals surface area (Å²) in [6.07, 6.45) is -0.108. The normalized spacial score (nSPS) is 18.7. The van der Waals surface area contributed by atoms with E-state index in [9.17, 15) is 18.0 Å². The molecule has 1 aliphatic rings. The van der Waals surface area contributed by atoms with Gasteiger partial charge in [0.15, 0.2) is 0 Å². The van der Waals surface area contributed by atoms with Gasteiger partial charge in [0.25, 0.3) is 0 Å². The van der Waals surface area contributed by atoms with Gasteiger partial charge in [-0.15, -0.1) is 12.4 Å². The largest absolute Gasteiger partial charge is 0.416 e. The molecule has 130 valence electrons. The van der Waals surface area contributed by atoms with Gasteiger partial charge in [0.2, 0.25) is 5.91 Å². The molecule has 0 spiro atoms. The summed E-state index contributed by atoms with van der Waals surface area (Å²) in [6.45, 7) is 1.74. The molecule has 0 aromatic heterocycles. The third-order valence-corrected chi connectivity index (χ3v) is 4.28. The second kappa shape index (κ2) is 7.53. The van der Waals surface area contributed by atoms with E-state index in [-0.39, 0.29) is 24.4 Å². The highest BCUT2D eigenvalue weighted by Crippen LogP contribution is 2.30. The first-order chi connectivity index (χ1) is 10.2. The zero-order valence-corrected chi connectivity index (χ0v) is 13.8. The fourth-order valence-electron chi connectivity index (χ4n) is 2.79. The van der Waals surface area contributed by atoms with Crippen LogP contribution in [0.1, 0.15) is 56.2 Å². The Morgan fingerprint density at radius 3 is 2.17 bits per heavy atom. The van der Waals surface area contributed by atoms with Crippen LogP contribution in [-0.4, -0.2) is 11.4 Å². The van der Waals surface area contributed by atoms with E-state index in [0.717, 1.165) is 31.4 Å². The summed E-state index contributed by atoms with van der Waals surface area (Å²) in [7, 11) is 0. The first-order valence-corrected chi connectivity index (χ1v) is 7.49. The van der Waals surface area contributed by atoms with Crippen LogP contribution in [0.2, 0.25) is 0 Å². The van der Waals surface area contributed by atoms with Gasteiger partial charge in [-0.2, -0.15) is 13.2 Å². The van der Waals surface area contributed by atoms with Crippen molar-refractivity contribution in [1.82, 2.24) is 5.32 Å². The summed E-state index contributed by atoms with van der Waals surface area (Å²) in [5.41, 5.74) is 5.23. The average Bonchev–Trinajstić information content (AvgIpc) is 2.47. The van der Waals surface area contributed by atoms with E-state index in [4.69, 9.17) is 5.73 Å². The summed E-state index contributed by atoms with van der Waals surface area (Å²) < 4.78 is 37.6. The highest BCUT2D eigenvalue weighted by atomic mass is 35.5. The molecule has 0 saturated heterocycles. The molecule has 1 unspecified atom stereocenters. The minimum Gasteiger partial charge on any atom is -0.348 e. The molecule has 1 aliphatic carbocycles. The SMILES string of the molecule is CC(NC(=O)C1(N)CCCCC1)c1ccc(C(F)(F)F)cc1.Cl. The van der Waals surface area contributed by atoms with Crippen LogP contribution in [0, 0.1) is 0 Å². The summed E-state index contributed by atoms with van der Waals surface area (Å²) in [5.74, 6) is -0.223. The van der Waals surface area contributed by atoms with Crippen molar-refractivity contribution in [3.8, 4) is 0 Å². The van der Waals surface area contributed by atoms with Crippen molar-refractivity contribution in [2.75, 3.05) is 0 Å². The van der Waals surface area contributed by atoms with Crippen LogP contribution >= 0.6 is 12.4 Å². The Bertz CT molecular complexity index is 525. The zero-order chi connectivity index (χ0) is 16.4. The lowest BCUT2D eigenvalue weighted by atomic mass is 9.81. The van der Waals surface area contributed by atoms with Gasteiger partial charge in [-0.3, -0.25) is 4.79 Å². The van der Waals surface area contributed by atoms with Crippen molar-refractivity contribution >= 4 is 18.3 Å². The van der Waals surface area contributed by atoms with Crippen molar-refractivity contribution in [1.29, 1.82) is 0 Å². The van der Waals surface area contributed by atoms with Crippen LogP contribution in [0.3, 0.4) is 0 Å². The molecule has 0 bridgehead atoms. The second-order valence-electron chi connectivity index (χ2n) is 6.03. The van der Waals surface area contributed by atoms with Gasteiger partial charge in [0, 0.05) is 0 Å². The maximum absolute atomic E-state index is 12.5. The first kappa shape index (κ1) is 19.8. The van der Waals surface area contributed by atoms with Crippen LogP contribution in [-0.2, 0) is 11.0 Å². The second-order valence-corrected chi connectivity index (χ2v) is 6.03. The number of carbonyl (C=O) groups excluding carboxylic acids is 1. The molecule has 23 heavy (non-hydrogen) atoms. The number of carbonyl (C=O) groups is 1. The molecule has 1 atom stereocenters. The summed E-state index contributed by atoms with van der Waals surface area (Å²) >= 11 is 0. The first-order valence-electron chi connectivity index (χ1n) is 7.49. The lowest BCUT2D eigenvalue weighted by molar-refractivity contribution is -0.137. The van der Waals surface area contributed by atoms with Crippen molar-refractivity contribution in [3.05, 3.63) is 35.4 Å². The molecular formula is C16H22ClF3N2O. The molecule has 7 heteroatoms. The van der Waals surface area contributed by atoms with E-state index in [0.29, 0.717) is 18.4 Å². The van der Waals surface area contributed by atoms with Crippen molar-refractivity contribution in [2.45, 2.75) is 56.8 Å². The van der Waals surface area contributed by atoms with Crippen LogP contribution < -0.4 is 11.1 Å². The third kappa shape index (κ3) is 4.85. The molecule has 2 rings (SSSR count). The number of amides is 1. The van der Waals surface area contributed by atoms with Gasteiger partial charge >= 0.3 is 6.18 Å². The summed E-state index contributed by atoms with van der Waals surface area (Å²) in [5, 5.41) is 2.82. The van der Waals surface area contributed by atoms with E-state index < -0.39 is 17.3 Å². The van der Waals surface area contributed by atoms with Gasteiger partial charge in [0.05, 0.1) is 17.1 Å². The quantitative estimate of drug-likeness (QED) is 0.866. The average molecular weight is 351 g/mol. The van der Waals surface area contributed by atoms with Crippen LogP contribution in [0.5, 0.6) is 0 Å². The smallest absolute Gasteiger partial charge is 0.348 e. The third-order valence-electron chi connectivity index (χ3n) is 4.28. The number of rotatable bonds is 3. The summed E-state index contributed by atoms with van der Waals surface area (Å²) in [4.78, 5) is 12.3. The van der Waals surface area contributed by atoms with Crippen molar-refractivity contribution < 1.29 is 18.0 Å². The van der Waals surface area contributed by atoms with E-state index in [1.165, 1.54) is 12.1 Å². The molecule has 3 N–H and O–H groups in total. The van der Waals surface area contributed by atoms with E-state index in [1.807, 2.05) is 0 Å². The minimum atomic E-state index is -4.35. The number of halogens is 4. The van der Waals surface area contributed by atoms with E-state index in [1.54, 1.807) is 6.92 Å². The monoisotopic (exact) mass is 350 g/mol. The number of benzene rings is 1. The van der Waals surface area contributed by atoms with Gasteiger partial charge in [-0.25, -0.2) is 0 Å². The van der Waals surface area contributed by atoms with Gasteiger partial charge in [0.1, 0.15) is 0 Å². The molecule has 1 saturated carbocycles. The predicted molar refractivity (Wildman–Crippen MR) is 85.3 cm³/mol. The molecule has 1 aromatic carbocycles.